The molecule has 0 aliphatic heterocycles. The third kappa shape index (κ3) is 6.24. The second-order valence-corrected chi connectivity index (χ2v) is 6.19. The van der Waals surface area contributed by atoms with Crippen LogP contribution in [0.15, 0.2) is 36.4 Å². The van der Waals surface area contributed by atoms with E-state index in [1.807, 2.05) is 0 Å². The number of carbonyl (C=O) groups is 1. The van der Waals surface area contributed by atoms with Crippen LogP contribution in [0.25, 0.3) is 0 Å². The Morgan fingerprint density at radius 1 is 1.24 bits per heavy atom. The van der Waals surface area contributed by atoms with Crippen LogP contribution in [0.1, 0.15) is 18.4 Å². The van der Waals surface area contributed by atoms with Crippen LogP contribution in [-0.2, 0) is 15.7 Å². The van der Waals surface area contributed by atoms with Gasteiger partial charge in [0, 0.05) is 25.1 Å². The third-order valence-electron chi connectivity index (χ3n) is 3.75. The predicted octanol–water partition coefficient (Wildman–Crippen LogP) is 5.42. The topological polar surface area (TPSA) is 90.7 Å². The Labute approximate surface area is 168 Å². The summed E-state index contributed by atoms with van der Waals surface area (Å²) in [6, 6.07) is 6.43. The zero-order chi connectivity index (χ0) is 21.6. The van der Waals surface area contributed by atoms with Gasteiger partial charge in [-0.05, 0) is 30.7 Å². The van der Waals surface area contributed by atoms with E-state index in [1.165, 1.54) is 25.3 Å². The molecule has 0 saturated heterocycles. The van der Waals surface area contributed by atoms with Gasteiger partial charge < -0.3 is 14.8 Å². The second-order valence-electron chi connectivity index (χ2n) is 5.79. The molecule has 0 amide bonds. The number of hydrogen-bond donors (Lipinski definition) is 1. The second kappa shape index (κ2) is 9.46. The van der Waals surface area contributed by atoms with Crippen molar-refractivity contribution in [2.75, 3.05) is 19.0 Å². The molecule has 0 spiro atoms. The number of nitrogens with one attached hydrogen (secondary N) is 1. The minimum Gasteiger partial charge on any atom is -0.469 e. The van der Waals surface area contributed by atoms with Crippen molar-refractivity contribution in [3.05, 3.63) is 57.1 Å². The van der Waals surface area contributed by atoms with Crippen LogP contribution in [0.5, 0.6) is 11.5 Å². The Balaban J connectivity index is 2.17. The monoisotopic (exact) mass is 432 g/mol. The van der Waals surface area contributed by atoms with Gasteiger partial charge in [0.15, 0.2) is 0 Å². The van der Waals surface area contributed by atoms with Gasteiger partial charge in [0.1, 0.15) is 17.2 Å². The van der Waals surface area contributed by atoms with E-state index < -0.39 is 22.6 Å². The van der Waals surface area contributed by atoms with E-state index in [9.17, 15) is 28.1 Å². The first-order valence-corrected chi connectivity index (χ1v) is 8.63. The normalized spacial score (nSPS) is 11.1. The number of alkyl halides is 3. The number of hydrogen-bond acceptors (Lipinski definition) is 6. The van der Waals surface area contributed by atoms with Gasteiger partial charge in [0.25, 0.3) is 5.69 Å². The van der Waals surface area contributed by atoms with Crippen molar-refractivity contribution >= 4 is 28.9 Å². The first-order valence-electron chi connectivity index (χ1n) is 8.25. The Morgan fingerprint density at radius 2 is 1.97 bits per heavy atom. The molecule has 7 nitrogen and oxygen atoms in total. The first-order chi connectivity index (χ1) is 13.6. The van der Waals surface area contributed by atoms with Gasteiger partial charge >= 0.3 is 12.1 Å². The predicted molar refractivity (Wildman–Crippen MR) is 99.4 cm³/mol. The van der Waals surface area contributed by atoms with Gasteiger partial charge in [0.05, 0.1) is 22.6 Å². The fourth-order valence-electron chi connectivity index (χ4n) is 2.32. The molecular weight excluding hydrogens is 417 g/mol. The molecule has 0 aromatic heterocycles. The van der Waals surface area contributed by atoms with Gasteiger partial charge in [-0.15, -0.1) is 0 Å². The first kappa shape index (κ1) is 22.3. The lowest BCUT2D eigenvalue weighted by atomic mass is 10.2. The molecule has 2 rings (SSSR count). The minimum absolute atomic E-state index is 0.0369. The van der Waals surface area contributed by atoms with E-state index in [0.29, 0.717) is 6.42 Å². The minimum atomic E-state index is -4.54. The molecule has 0 aliphatic carbocycles. The Hall–Kier alpha value is -3.01. The summed E-state index contributed by atoms with van der Waals surface area (Å²) in [5.74, 6) is -0.312. The Kier molecular flexibility index (Phi) is 7.27. The lowest BCUT2D eigenvalue weighted by molar-refractivity contribution is -0.384. The summed E-state index contributed by atoms with van der Waals surface area (Å²) in [6.07, 6.45) is -4.04. The van der Waals surface area contributed by atoms with E-state index in [2.05, 4.69) is 10.1 Å². The number of anilines is 1. The average molecular weight is 433 g/mol. The highest BCUT2D eigenvalue weighted by molar-refractivity contribution is 6.32. The molecule has 0 saturated carbocycles. The van der Waals surface area contributed by atoms with E-state index in [-0.39, 0.29) is 40.9 Å². The van der Waals surface area contributed by atoms with Crippen molar-refractivity contribution in [1.82, 2.24) is 0 Å². The SMILES string of the molecule is COC(=O)CCCNc1cc(Oc2ccc(C(F)(F)F)cc2Cl)ccc1[N+](=O)[O-]. The molecule has 0 aliphatic rings. The summed E-state index contributed by atoms with van der Waals surface area (Å²) in [5.41, 5.74) is -1.03. The summed E-state index contributed by atoms with van der Waals surface area (Å²) in [7, 11) is 1.26. The number of esters is 1. The van der Waals surface area contributed by atoms with E-state index in [1.54, 1.807) is 0 Å². The number of benzene rings is 2. The fraction of sp³-hybridized carbons (Fsp3) is 0.278. The number of rotatable bonds is 8. The van der Waals surface area contributed by atoms with Crippen molar-refractivity contribution in [3.8, 4) is 11.5 Å². The van der Waals surface area contributed by atoms with Crippen molar-refractivity contribution < 1.29 is 32.4 Å². The molecule has 2 aromatic carbocycles. The van der Waals surface area contributed by atoms with Crippen molar-refractivity contribution in [1.29, 1.82) is 0 Å². The Bertz CT molecular complexity index is 906. The van der Waals surface area contributed by atoms with Crippen LogP contribution >= 0.6 is 11.6 Å². The van der Waals surface area contributed by atoms with Crippen LogP contribution in [-0.4, -0.2) is 24.5 Å². The largest absolute Gasteiger partial charge is 0.469 e. The lowest BCUT2D eigenvalue weighted by Crippen LogP contribution is -2.08. The molecule has 0 heterocycles. The highest BCUT2D eigenvalue weighted by Crippen LogP contribution is 2.37. The van der Waals surface area contributed by atoms with Gasteiger partial charge in [-0.1, -0.05) is 11.6 Å². The standard InChI is InChI=1S/C18H16ClF3N2O5/c1-28-17(25)3-2-8-23-14-10-12(5-6-15(14)24(26)27)29-16-7-4-11(9-13(16)19)18(20,21)22/h4-7,9-10,23H,2-3,8H2,1H3. The number of carbonyl (C=O) groups excluding carboxylic acids is 1. The number of methoxy groups -OCH3 is 1. The lowest BCUT2D eigenvalue weighted by Gasteiger charge is -2.12. The van der Waals surface area contributed by atoms with Crippen LogP contribution in [0.2, 0.25) is 5.02 Å². The summed E-state index contributed by atoms with van der Waals surface area (Å²) in [6.45, 7) is 0.250. The Morgan fingerprint density at radius 3 is 2.55 bits per heavy atom. The summed E-state index contributed by atoms with van der Waals surface area (Å²) < 4.78 is 48.1. The molecule has 11 heteroatoms. The van der Waals surface area contributed by atoms with Gasteiger partial charge in [-0.25, -0.2) is 0 Å². The number of nitro groups is 1. The molecule has 0 radical (unpaired) electrons. The molecule has 0 fully saturated rings. The summed E-state index contributed by atoms with van der Waals surface area (Å²) >= 11 is 5.86. The fourth-order valence-corrected chi connectivity index (χ4v) is 2.54. The average Bonchev–Trinajstić information content (AvgIpc) is 2.65. The van der Waals surface area contributed by atoms with Crippen LogP contribution < -0.4 is 10.1 Å². The maximum absolute atomic E-state index is 12.7. The zero-order valence-electron chi connectivity index (χ0n) is 15.1. The number of halogens is 4. The van der Waals surface area contributed by atoms with E-state index in [4.69, 9.17) is 16.3 Å². The van der Waals surface area contributed by atoms with Gasteiger partial charge in [0.2, 0.25) is 0 Å². The molecule has 156 valence electrons. The third-order valence-corrected chi connectivity index (χ3v) is 4.05. The van der Waals surface area contributed by atoms with Crippen molar-refractivity contribution in [2.24, 2.45) is 0 Å². The quantitative estimate of drug-likeness (QED) is 0.259. The maximum atomic E-state index is 12.7. The van der Waals surface area contributed by atoms with Gasteiger partial charge in [-0.3, -0.25) is 14.9 Å². The van der Waals surface area contributed by atoms with Gasteiger partial charge in [-0.2, -0.15) is 13.2 Å². The zero-order valence-corrected chi connectivity index (χ0v) is 15.8. The number of nitro benzene ring substituents is 1. The highest BCUT2D eigenvalue weighted by atomic mass is 35.5. The van der Waals surface area contributed by atoms with Crippen LogP contribution in [0.3, 0.4) is 0 Å². The van der Waals surface area contributed by atoms with Crippen LogP contribution in [0.4, 0.5) is 24.5 Å². The van der Waals surface area contributed by atoms with E-state index in [0.717, 1.165) is 18.2 Å². The summed E-state index contributed by atoms with van der Waals surface area (Å²) in [5, 5.41) is 13.8. The summed E-state index contributed by atoms with van der Waals surface area (Å²) in [4.78, 5) is 21.7. The molecule has 2 aromatic rings. The molecule has 29 heavy (non-hydrogen) atoms. The molecule has 1 N–H and O–H groups in total. The van der Waals surface area contributed by atoms with E-state index >= 15 is 0 Å². The number of ether oxygens (including phenoxy) is 2. The van der Waals surface area contributed by atoms with Crippen LogP contribution in [0, 0.1) is 10.1 Å². The number of nitrogens with zero attached hydrogens (tertiary/aromatic N) is 1. The smallest absolute Gasteiger partial charge is 0.416 e. The van der Waals surface area contributed by atoms with Crippen molar-refractivity contribution in [2.45, 2.75) is 19.0 Å². The molecule has 0 atom stereocenters. The maximum Gasteiger partial charge on any atom is 0.416 e. The van der Waals surface area contributed by atoms with Crippen molar-refractivity contribution in [3.63, 3.8) is 0 Å². The molecular formula is C18H16ClF3N2O5. The molecule has 0 unspecified atom stereocenters. The molecule has 0 bridgehead atoms. The highest BCUT2D eigenvalue weighted by Gasteiger charge is 2.31.